The summed E-state index contributed by atoms with van der Waals surface area (Å²) < 4.78 is 87.3. The minimum Gasteiger partial charge on any atom is -0.481 e. The van der Waals surface area contributed by atoms with Crippen LogP contribution in [-0.2, 0) is 23.6 Å². The van der Waals surface area contributed by atoms with Crippen molar-refractivity contribution in [1.29, 1.82) is 0 Å². The van der Waals surface area contributed by atoms with E-state index in [2.05, 4.69) is 15.5 Å². The Bertz CT molecular complexity index is 1710. The van der Waals surface area contributed by atoms with Gasteiger partial charge in [0, 0.05) is 23.2 Å². The Morgan fingerprint density at radius 1 is 0.955 bits per heavy atom. The Morgan fingerprint density at radius 2 is 1.68 bits per heavy atom. The van der Waals surface area contributed by atoms with Crippen LogP contribution >= 0.6 is 12.4 Å². The van der Waals surface area contributed by atoms with E-state index < -0.39 is 35.0 Å². The summed E-state index contributed by atoms with van der Waals surface area (Å²) in [7, 11) is 0. The fourth-order valence-electron chi connectivity index (χ4n) is 6.05. The summed E-state index contributed by atoms with van der Waals surface area (Å²) in [5.74, 6) is -0.614. The van der Waals surface area contributed by atoms with Gasteiger partial charge in [-0.05, 0) is 84.7 Å². The minimum absolute atomic E-state index is 0. The van der Waals surface area contributed by atoms with Crippen molar-refractivity contribution in [3.05, 3.63) is 82.4 Å². The molecule has 0 amide bonds. The highest BCUT2D eigenvalue weighted by Gasteiger charge is 2.45. The van der Waals surface area contributed by atoms with Crippen LogP contribution in [0.15, 0.2) is 59.1 Å². The molecule has 0 aliphatic heterocycles. The van der Waals surface area contributed by atoms with Gasteiger partial charge in [-0.15, -0.1) is 12.4 Å². The monoisotopic (exact) mass is 637 g/mol. The van der Waals surface area contributed by atoms with Crippen molar-refractivity contribution in [3.8, 4) is 34.0 Å². The van der Waals surface area contributed by atoms with Crippen LogP contribution in [0.3, 0.4) is 0 Å². The molecule has 0 spiro atoms. The molecular formula is C31H26ClF6N3O3. The molecule has 0 radical (unpaired) electrons. The Hall–Kier alpha value is -3.90. The number of halogens is 7. The molecule has 0 saturated heterocycles. The Kier molecular flexibility index (Phi) is 8.27. The van der Waals surface area contributed by atoms with Crippen molar-refractivity contribution in [3.63, 3.8) is 0 Å². The van der Waals surface area contributed by atoms with Crippen molar-refractivity contribution >= 4 is 18.4 Å². The third kappa shape index (κ3) is 5.92. The van der Waals surface area contributed by atoms with Crippen LogP contribution in [0.4, 0.5) is 26.3 Å². The molecule has 1 saturated carbocycles. The highest BCUT2D eigenvalue weighted by molar-refractivity contribution is 5.85. The first-order chi connectivity index (χ1) is 20.3. The van der Waals surface area contributed by atoms with Crippen LogP contribution in [0.1, 0.15) is 53.1 Å². The summed E-state index contributed by atoms with van der Waals surface area (Å²) in [6.45, 7) is 1.51. The quantitative estimate of drug-likeness (QED) is 0.207. The number of carbonyl (C=O) groups is 1. The zero-order valence-electron chi connectivity index (χ0n) is 23.1. The van der Waals surface area contributed by atoms with Crippen LogP contribution in [0.5, 0.6) is 0 Å². The lowest BCUT2D eigenvalue weighted by Gasteiger charge is -2.35. The molecular weight excluding hydrogens is 612 g/mol. The Labute approximate surface area is 253 Å². The molecule has 3 aromatic carbocycles. The van der Waals surface area contributed by atoms with Gasteiger partial charge in [-0.1, -0.05) is 35.5 Å². The second-order valence-electron chi connectivity index (χ2n) is 11.1. The predicted molar refractivity (Wildman–Crippen MR) is 151 cm³/mol. The van der Waals surface area contributed by atoms with E-state index in [-0.39, 0.29) is 41.9 Å². The summed E-state index contributed by atoms with van der Waals surface area (Å²) in [6, 6.07) is 12.8. The van der Waals surface area contributed by atoms with E-state index in [0.717, 1.165) is 41.7 Å². The number of benzene rings is 3. The zero-order chi connectivity index (χ0) is 30.7. The third-order valence-corrected chi connectivity index (χ3v) is 8.25. The maximum atomic E-state index is 13.8. The van der Waals surface area contributed by atoms with Gasteiger partial charge in [-0.2, -0.15) is 31.3 Å². The number of rotatable bonds is 6. The Balaban J connectivity index is 0.00000384. The molecule has 0 bridgehead atoms. The second-order valence-corrected chi connectivity index (χ2v) is 11.1. The molecule has 2 aliphatic carbocycles. The van der Waals surface area contributed by atoms with E-state index >= 15 is 0 Å². The lowest BCUT2D eigenvalue weighted by atomic mass is 9.80. The first-order valence-corrected chi connectivity index (χ1v) is 13.6. The average molecular weight is 638 g/mol. The third-order valence-electron chi connectivity index (χ3n) is 8.25. The van der Waals surface area contributed by atoms with Crippen molar-refractivity contribution in [2.45, 2.75) is 57.0 Å². The van der Waals surface area contributed by atoms with Crippen LogP contribution in [0.2, 0.25) is 0 Å². The number of nitrogens with zero attached hydrogens (tertiary/aromatic N) is 2. The van der Waals surface area contributed by atoms with Gasteiger partial charge in [0.1, 0.15) is 0 Å². The number of aliphatic carboxylic acids is 1. The predicted octanol–water partition coefficient (Wildman–Crippen LogP) is 8.28. The van der Waals surface area contributed by atoms with E-state index in [1.165, 1.54) is 25.1 Å². The van der Waals surface area contributed by atoms with Gasteiger partial charge in [0.25, 0.3) is 5.89 Å². The molecule has 6 rings (SSSR count). The summed E-state index contributed by atoms with van der Waals surface area (Å²) in [5, 5.41) is 16.7. The Morgan fingerprint density at radius 3 is 2.34 bits per heavy atom. The first-order valence-electron chi connectivity index (χ1n) is 13.6. The molecule has 44 heavy (non-hydrogen) atoms. The molecule has 232 valence electrons. The lowest BCUT2D eigenvalue weighted by Crippen LogP contribution is -2.45. The topological polar surface area (TPSA) is 88.2 Å². The number of nitrogens with one attached hydrogen (secondary N) is 1. The highest BCUT2D eigenvalue weighted by atomic mass is 35.5. The number of alkyl halides is 6. The van der Waals surface area contributed by atoms with E-state index in [1.54, 1.807) is 0 Å². The molecule has 1 unspecified atom stereocenters. The van der Waals surface area contributed by atoms with Crippen molar-refractivity contribution in [1.82, 2.24) is 15.5 Å². The van der Waals surface area contributed by atoms with Gasteiger partial charge >= 0.3 is 18.3 Å². The van der Waals surface area contributed by atoms with Gasteiger partial charge in [0.15, 0.2) is 0 Å². The molecule has 4 aromatic rings. The van der Waals surface area contributed by atoms with Crippen molar-refractivity contribution in [2.24, 2.45) is 5.92 Å². The molecule has 2 aliphatic rings. The SMILES string of the molecule is Cc1cc(-c2nc(-c3ccc4c(c3)CCC4NC3CC(C(=O)O)C3)no2)ccc1-c1cccc(C(F)(F)F)c1C(F)(F)F.Cl. The van der Waals surface area contributed by atoms with E-state index in [4.69, 9.17) is 9.63 Å². The summed E-state index contributed by atoms with van der Waals surface area (Å²) in [6.07, 6.45) is -7.44. The fourth-order valence-corrected chi connectivity index (χ4v) is 6.05. The van der Waals surface area contributed by atoms with Gasteiger partial charge in [-0.25, -0.2) is 0 Å². The number of fused-ring (bicyclic) bond motifs is 1. The van der Waals surface area contributed by atoms with Crippen molar-refractivity contribution < 1.29 is 40.8 Å². The summed E-state index contributed by atoms with van der Waals surface area (Å²) in [4.78, 5) is 15.5. The number of hydrogen-bond donors (Lipinski definition) is 2. The zero-order valence-corrected chi connectivity index (χ0v) is 23.9. The minimum atomic E-state index is -5.22. The smallest absolute Gasteiger partial charge is 0.417 e. The lowest BCUT2D eigenvalue weighted by molar-refractivity contribution is -0.161. The molecule has 13 heteroatoms. The normalized spacial score (nSPS) is 19.7. The van der Waals surface area contributed by atoms with Crippen LogP contribution in [0, 0.1) is 12.8 Å². The van der Waals surface area contributed by atoms with Gasteiger partial charge in [0.2, 0.25) is 5.82 Å². The maximum absolute atomic E-state index is 13.8. The van der Waals surface area contributed by atoms with Crippen LogP contribution in [-0.4, -0.2) is 27.3 Å². The standard InChI is InChI=1S/C31H25F6N3O3.ClH/c1-15-11-18(6-8-21(15)23-3-2-4-24(30(32,33)34)26(23)31(35,36)37)28-39-27(40-43-28)17-5-9-22-16(12-17)7-10-25(22)38-20-13-19(14-20)29(41)42;/h2-6,8-9,11-12,19-20,25,38H,7,10,13-14H2,1H3,(H,41,42);1H. The molecule has 1 aromatic heterocycles. The van der Waals surface area contributed by atoms with E-state index in [1.807, 2.05) is 18.2 Å². The highest BCUT2D eigenvalue weighted by Crippen LogP contribution is 2.46. The van der Waals surface area contributed by atoms with E-state index in [9.17, 15) is 31.1 Å². The molecule has 1 fully saturated rings. The number of carboxylic acids is 1. The average Bonchev–Trinajstić information content (AvgIpc) is 3.56. The van der Waals surface area contributed by atoms with Crippen LogP contribution in [0.25, 0.3) is 34.0 Å². The van der Waals surface area contributed by atoms with Crippen LogP contribution < -0.4 is 5.32 Å². The number of aryl methyl sites for hydroxylation is 2. The summed E-state index contributed by atoms with van der Waals surface area (Å²) >= 11 is 0. The fraction of sp³-hybridized carbons (Fsp3) is 0.323. The van der Waals surface area contributed by atoms with Gasteiger partial charge in [-0.3, -0.25) is 4.79 Å². The largest absolute Gasteiger partial charge is 0.481 e. The maximum Gasteiger partial charge on any atom is 0.417 e. The first kappa shape index (κ1) is 31.5. The molecule has 1 atom stereocenters. The number of aromatic nitrogens is 2. The summed E-state index contributed by atoms with van der Waals surface area (Å²) in [5.41, 5.74) is -0.339. The molecule has 2 N–H and O–H groups in total. The van der Waals surface area contributed by atoms with E-state index in [0.29, 0.717) is 35.9 Å². The molecule has 6 nitrogen and oxygen atoms in total. The molecule has 1 heterocycles. The number of carboxylic acid groups (broad SMARTS) is 1. The second kappa shape index (κ2) is 11.6. The number of hydrogen-bond acceptors (Lipinski definition) is 5. The van der Waals surface area contributed by atoms with Crippen molar-refractivity contribution in [2.75, 3.05) is 0 Å². The van der Waals surface area contributed by atoms with Gasteiger partial charge < -0.3 is 14.9 Å². The van der Waals surface area contributed by atoms with Gasteiger partial charge in [0.05, 0.1) is 17.0 Å².